The lowest BCUT2D eigenvalue weighted by Crippen LogP contribution is -2.22. The zero-order chi connectivity index (χ0) is 17.0. The van der Waals surface area contributed by atoms with Crippen molar-refractivity contribution in [3.8, 4) is 0 Å². The molecule has 0 radical (unpaired) electrons. The number of hydrogen-bond acceptors (Lipinski definition) is 3. The Morgan fingerprint density at radius 2 is 1.43 bits per heavy atom. The van der Waals surface area contributed by atoms with Gasteiger partial charge in [-0.15, -0.1) is 0 Å². The maximum absolute atomic E-state index is 12.0. The van der Waals surface area contributed by atoms with Crippen LogP contribution < -0.4 is 5.32 Å². The molecule has 0 saturated carbocycles. The van der Waals surface area contributed by atoms with Crippen LogP contribution in [0.2, 0.25) is 0 Å². The Hall–Kier alpha value is -1.69. The number of sulfonamides is 1. The maximum atomic E-state index is 12.0. The van der Waals surface area contributed by atoms with E-state index in [1.165, 1.54) is 35.1 Å². The monoisotopic (exact) mass is 332 g/mol. The lowest BCUT2D eigenvalue weighted by atomic mass is 10.1. The first-order chi connectivity index (χ1) is 10.8. The van der Waals surface area contributed by atoms with Crippen LogP contribution in [0.5, 0.6) is 0 Å². The van der Waals surface area contributed by atoms with Gasteiger partial charge in [0, 0.05) is 27.2 Å². The van der Waals surface area contributed by atoms with E-state index in [4.69, 9.17) is 0 Å². The third-order valence-electron chi connectivity index (χ3n) is 3.93. The molecular formula is C18H24N2O2S. The fraction of sp³-hybridized carbons (Fsp3) is 0.333. The molecule has 124 valence electrons. The molecule has 2 rings (SSSR count). The minimum absolute atomic E-state index is 0.320. The fourth-order valence-corrected chi connectivity index (χ4v) is 3.16. The summed E-state index contributed by atoms with van der Waals surface area (Å²) in [5.74, 6) is 0. The topological polar surface area (TPSA) is 49.4 Å². The van der Waals surface area contributed by atoms with Crippen LogP contribution in [0, 0.1) is 13.8 Å². The van der Waals surface area contributed by atoms with E-state index in [2.05, 4.69) is 37.4 Å². The first-order valence-electron chi connectivity index (χ1n) is 7.59. The van der Waals surface area contributed by atoms with E-state index in [1.54, 1.807) is 12.1 Å². The molecule has 1 N–H and O–H groups in total. The Labute approximate surface area is 139 Å². The van der Waals surface area contributed by atoms with Gasteiger partial charge in [0.15, 0.2) is 0 Å². The molecular weight excluding hydrogens is 308 g/mol. The zero-order valence-corrected chi connectivity index (χ0v) is 14.9. The molecule has 0 spiro atoms. The van der Waals surface area contributed by atoms with E-state index in [1.807, 2.05) is 12.1 Å². The molecule has 0 heterocycles. The van der Waals surface area contributed by atoms with Gasteiger partial charge in [0.1, 0.15) is 0 Å². The number of nitrogens with zero attached hydrogens (tertiary/aromatic N) is 1. The predicted molar refractivity (Wildman–Crippen MR) is 93.8 cm³/mol. The molecule has 0 aliphatic heterocycles. The van der Waals surface area contributed by atoms with Crippen molar-refractivity contribution in [1.82, 2.24) is 9.62 Å². The number of benzene rings is 2. The van der Waals surface area contributed by atoms with Crippen molar-refractivity contribution >= 4 is 10.0 Å². The van der Waals surface area contributed by atoms with Crippen molar-refractivity contribution in [2.45, 2.75) is 31.8 Å². The van der Waals surface area contributed by atoms with Crippen LogP contribution in [0.25, 0.3) is 0 Å². The van der Waals surface area contributed by atoms with Crippen LogP contribution in [-0.2, 0) is 23.1 Å². The van der Waals surface area contributed by atoms with Crippen LogP contribution in [0.15, 0.2) is 47.4 Å². The molecule has 2 aromatic carbocycles. The second-order valence-electron chi connectivity index (χ2n) is 5.95. The van der Waals surface area contributed by atoms with Crippen molar-refractivity contribution in [1.29, 1.82) is 0 Å². The smallest absolute Gasteiger partial charge is 0.242 e. The minimum Gasteiger partial charge on any atom is -0.309 e. The van der Waals surface area contributed by atoms with E-state index in [0.29, 0.717) is 11.4 Å². The summed E-state index contributed by atoms with van der Waals surface area (Å²) in [4.78, 5) is 0.320. The molecule has 23 heavy (non-hydrogen) atoms. The Morgan fingerprint density at radius 3 is 2.00 bits per heavy atom. The largest absolute Gasteiger partial charge is 0.309 e. The maximum Gasteiger partial charge on any atom is 0.242 e. The standard InChI is InChI=1S/C18H24N2O2S/c1-14-5-6-17(11-15(14)2)13-19-12-16-7-9-18(10-8-16)23(21,22)20(3)4/h5-11,19H,12-13H2,1-4H3. The van der Waals surface area contributed by atoms with Gasteiger partial charge in [0.05, 0.1) is 4.90 Å². The molecule has 0 saturated heterocycles. The summed E-state index contributed by atoms with van der Waals surface area (Å²) in [6.07, 6.45) is 0. The molecule has 0 bridgehead atoms. The molecule has 0 atom stereocenters. The number of hydrogen-bond donors (Lipinski definition) is 1. The van der Waals surface area contributed by atoms with Gasteiger partial charge in [-0.1, -0.05) is 30.3 Å². The first kappa shape index (κ1) is 17.7. The third-order valence-corrected chi connectivity index (χ3v) is 5.76. The highest BCUT2D eigenvalue weighted by molar-refractivity contribution is 7.89. The number of nitrogens with one attached hydrogen (secondary N) is 1. The molecule has 5 heteroatoms. The van der Waals surface area contributed by atoms with Crippen molar-refractivity contribution < 1.29 is 8.42 Å². The average molecular weight is 332 g/mol. The SMILES string of the molecule is Cc1ccc(CNCc2ccc(S(=O)(=O)N(C)C)cc2)cc1C. The Morgan fingerprint density at radius 1 is 0.870 bits per heavy atom. The zero-order valence-electron chi connectivity index (χ0n) is 14.1. The minimum atomic E-state index is -3.35. The summed E-state index contributed by atoms with van der Waals surface area (Å²) in [6.45, 7) is 5.71. The average Bonchev–Trinajstić information content (AvgIpc) is 2.51. The molecule has 0 aromatic heterocycles. The summed E-state index contributed by atoms with van der Waals surface area (Å²) >= 11 is 0. The highest BCUT2D eigenvalue weighted by Crippen LogP contribution is 2.14. The Balaban J connectivity index is 1.95. The predicted octanol–water partition coefficient (Wildman–Crippen LogP) is 2.84. The highest BCUT2D eigenvalue weighted by atomic mass is 32.2. The van der Waals surface area contributed by atoms with Crippen LogP contribution in [0.4, 0.5) is 0 Å². The second kappa shape index (κ2) is 7.25. The van der Waals surface area contributed by atoms with Gasteiger partial charge in [0.25, 0.3) is 0 Å². The lowest BCUT2D eigenvalue weighted by molar-refractivity contribution is 0.520. The van der Waals surface area contributed by atoms with E-state index in [-0.39, 0.29) is 0 Å². The number of aryl methyl sites for hydroxylation is 2. The number of rotatable bonds is 6. The highest BCUT2D eigenvalue weighted by Gasteiger charge is 2.16. The summed E-state index contributed by atoms with van der Waals surface area (Å²) < 4.78 is 25.2. The first-order valence-corrected chi connectivity index (χ1v) is 9.03. The quantitative estimate of drug-likeness (QED) is 0.885. The Bertz CT molecular complexity index is 766. The molecule has 0 unspecified atom stereocenters. The lowest BCUT2D eigenvalue weighted by Gasteiger charge is -2.12. The van der Waals surface area contributed by atoms with Gasteiger partial charge >= 0.3 is 0 Å². The van der Waals surface area contributed by atoms with E-state index in [9.17, 15) is 8.42 Å². The van der Waals surface area contributed by atoms with E-state index >= 15 is 0 Å². The molecule has 2 aromatic rings. The molecule has 0 fully saturated rings. The van der Waals surface area contributed by atoms with Gasteiger partial charge in [-0.3, -0.25) is 0 Å². The summed E-state index contributed by atoms with van der Waals surface area (Å²) in [7, 11) is -0.281. The van der Waals surface area contributed by atoms with Crippen LogP contribution in [-0.4, -0.2) is 26.8 Å². The van der Waals surface area contributed by atoms with E-state index < -0.39 is 10.0 Å². The fourth-order valence-electron chi connectivity index (χ4n) is 2.25. The van der Waals surface area contributed by atoms with Crippen molar-refractivity contribution in [2.75, 3.05) is 14.1 Å². The summed E-state index contributed by atoms with van der Waals surface area (Å²) in [5, 5.41) is 3.39. The van der Waals surface area contributed by atoms with Crippen LogP contribution >= 0.6 is 0 Å². The van der Waals surface area contributed by atoms with Crippen LogP contribution in [0.3, 0.4) is 0 Å². The third kappa shape index (κ3) is 4.41. The van der Waals surface area contributed by atoms with Crippen molar-refractivity contribution in [3.05, 3.63) is 64.7 Å². The van der Waals surface area contributed by atoms with Gasteiger partial charge in [-0.05, 0) is 48.2 Å². The van der Waals surface area contributed by atoms with Crippen molar-refractivity contribution in [3.63, 3.8) is 0 Å². The molecule has 0 aliphatic rings. The normalized spacial score (nSPS) is 11.9. The molecule has 4 nitrogen and oxygen atoms in total. The van der Waals surface area contributed by atoms with Gasteiger partial charge < -0.3 is 5.32 Å². The Kier molecular flexibility index (Phi) is 5.57. The van der Waals surface area contributed by atoms with Gasteiger partial charge in [-0.2, -0.15) is 0 Å². The second-order valence-corrected chi connectivity index (χ2v) is 8.11. The summed E-state index contributed by atoms with van der Waals surface area (Å²) in [6, 6.07) is 13.5. The van der Waals surface area contributed by atoms with E-state index in [0.717, 1.165) is 12.1 Å². The molecule has 0 amide bonds. The van der Waals surface area contributed by atoms with Crippen molar-refractivity contribution in [2.24, 2.45) is 0 Å². The van der Waals surface area contributed by atoms with Crippen LogP contribution in [0.1, 0.15) is 22.3 Å². The summed E-state index contributed by atoms with van der Waals surface area (Å²) in [5.41, 5.74) is 4.90. The van der Waals surface area contributed by atoms with Gasteiger partial charge in [0.2, 0.25) is 10.0 Å². The van der Waals surface area contributed by atoms with Gasteiger partial charge in [-0.25, -0.2) is 12.7 Å². The molecule has 0 aliphatic carbocycles.